The molecule has 4 aromatic rings. The number of nitrogens with zero attached hydrogens (tertiary/aromatic N) is 3. The predicted molar refractivity (Wildman–Crippen MR) is 98.5 cm³/mol. The van der Waals surface area contributed by atoms with E-state index in [9.17, 15) is 8.42 Å². The first-order chi connectivity index (χ1) is 12.4. The minimum absolute atomic E-state index is 0.224. The van der Waals surface area contributed by atoms with Crippen LogP contribution in [0.4, 0.5) is 0 Å². The van der Waals surface area contributed by atoms with E-state index in [2.05, 4.69) is 10.1 Å². The summed E-state index contributed by atoms with van der Waals surface area (Å²) in [5.74, 6) is 0.648. The molecule has 6 nitrogen and oxygen atoms in total. The Morgan fingerprint density at radius 1 is 1.00 bits per heavy atom. The molecule has 4 rings (SSSR count). The van der Waals surface area contributed by atoms with Gasteiger partial charge in [0, 0.05) is 11.6 Å². The highest BCUT2D eigenvalue weighted by Gasteiger charge is 2.22. The Kier molecular flexibility index (Phi) is 3.69. The van der Waals surface area contributed by atoms with Crippen molar-refractivity contribution in [3.63, 3.8) is 0 Å². The number of hydrogen-bond acceptors (Lipinski definition) is 5. The Labute approximate surface area is 151 Å². The van der Waals surface area contributed by atoms with Crippen LogP contribution in [-0.4, -0.2) is 22.5 Å². The summed E-state index contributed by atoms with van der Waals surface area (Å²) in [5.41, 5.74) is 3.38. The highest BCUT2D eigenvalue weighted by Crippen LogP contribution is 2.30. The van der Waals surface area contributed by atoms with Gasteiger partial charge in [-0.15, -0.1) is 0 Å². The van der Waals surface area contributed by atoms with Crippen molar-refractivity contribution in [2.24, 2.45) is 0 Å². The van der Waals surface area contributed by atoms with Gasteiger partial charge in [-0.05, 0) is 50.6 Å². The second-order valence-electron chi connectivity index (χ2n) is 6.19. The molecule has 0 aliphatic carbocycles. The molecule has 132 valence electrons. The maximum atomic E-state index is 13.1. The Morgan fingerprint density at radius 3 is 2.38 bits per heavy atom. The lowest BCUT2D eigenvalue weighted by atomic mass is 10.1. The van der Waals surface area contributed by atoms with Crippen molar-refractivity contribution in [2.75, 3.05) is 0 Å². The molecule has 3 heterocycles. The third-order valence-electron chi connectivity index (χ3n) is 4.41. The lowest BCUT2D eigenvalue weighted by molar-refractivity contribution is 0.393. The van der Waals surface area contributed by atoms with Crippen LogP contribution < -0.4 is 0 Å². The fraction of sp³-hybridized carbons (Fsp3) is 0.158. The van der Waals surface area contributed by atoms with Gasteiger partial charge in [-0.3, -0.25) is 0 Å². The molecule has 7 heteroatoms. The molecule has 0 saturated carbocycles. The Bertz CT molecular complexity index is 1200. The maximum Gasteiger partial charge on any atom is 0.269 e. The van der Waals surface area contributed by atoms with Gasteiger partial charge in [0.1, 0.15) is 5.76 Å². The summed E-state index contributed by atoms with van der Waals surface area (Å²) in [6.07, 6.45) is 1.61. The predicted octanol–water partition coefficient (Wildman–Crippen LogP) is 3.85. The lowest BCUT2D eigenvalue weighted by Gasteiger charge is -2.08. The first-order valence-electron chi connectivity index (χ1n) is 8.12. The van der Waals surface area contributed by atoms with Gasteiger partial charge in [0.05, 0.1) is 21.8 Å². The van der Waals surface area contributed by atoms with Crippen LogP contribution in [0, 0.1) is 20.8 Å². The van der Waals surface area contributed by atoms with Gasteiger partial charge >= 0.3 is 0 Å². The number of rotatable bonds is 3. The highest BCUT2D eigenvalue weighted by molar-refractivity contribution is 7.90. The Hall–Kier alpha value is -2.93. The minimum atomic E-state index is -3.74. The zero-order chi connectivity index (χ0) is 18.5. The Balaban J connectivity index is 1.99. The minimum Gasteiger partial charge on any atom is -0.361 e. The van der Waals surface area contributed by atoms with Gasteiger partial charge in [0.25, 0.3) is 10.0 Å². The van der Waals surface area contributed by atoms with Gasteiger partial charge in [-0.25, -0.2) is 17.4 Å². The van der Waals surface area contributed by atoms with E-state index in [1.165, 1.54) is 3.97 Å². The third-order valence-corrected chi connectivity index (χ3v) is 6.07. The molecule has 0 fully saturated rings. The molecule has 0 aliphatic rings. The summed E-state index contributed by atoms with van der Waals surface area (Å²) in [4.78, 5) is 4.86. The zero-order valence-corrected chi connectivity index (χ0v) is 15.4. The molecule has 1 aromatic carbocycles. The van der Waals surface area contributed by atoms with E-state index in [0.29, 0.717) is 17.1 Å². The van der Waals surface area contributed by atoms with Crippen molar-refractivity contribution < 1.29 is 12.9 Å². The Morgan fingerprint density at radius 2 is 1.73 bits per heavy atom. The largest absolute Gasteiger partial charge is 0.361 e. The molecule has 0 radical (unpaired) electrons. The van der Waals surface area contributed by atoms with Crippen LogP contribution in [0.2, 0.25) is 0 Å². The standard InChI is InChI=1S/C19H17N3O3S/c1-12-11-22(26(23,24)15-7-5-4-6-8-15)19-16(12)9-10-17(20-19)18-13(2)21-25-14(18)3/h4-11H,1-3H3. The summed E-state index contributed by atoms with van der Waals surface area (Å²) in [5, 5.41) is 4.75. The average Bonchev–Trinajstić information content (AvgIpc) is 3.15. The van der Waals surface area contributed by atoms with Gasteiger partial charge in [0.2, 0.25) is 0 Å². The molecule has 26 heavy (non-hydrogen) atoms. The van der Waals surface area contributed by atoms with Gasteiger partial charge in [-0.2, -0.15) is 0 Å². The highest BCUT2D eigenvalue weighted by atomic mass is 32.2. The number of fused-ring (bicyclic) bond motifs is 1. The monoisotopic (exact) mass is 367 g/mol. The maximum absolute atomic E-state index is 13.1. The fourth-order valence-electron chi connectivity index (χ4n) is 3.11. The summed E-state index contributed by atoms with van der Waals surface area (Å²) < 4.78 is 32.6. The quantitative estimate of drug-likeness (QED) is 0.549. The van der Waals surface area contributed by atoms with Gasteiger partial charge in [0.15, 0.2) is 5.65 Å². The second-order valence-corrected chi connectivity index (χ2v) is 8.01. The topological polar surface area (TPSA) is 78.0 Å². The van der Waals surface area contributed by atoms with Crippen LogP contribution in [0.5, 0.6) is 0 Å². The third kappa shape index (κ3) is 2.43. The summed E-state index contributed by atoms with van der Waals surface area (Å²) in [7, 11) is -3.74. The number of hydrogen-bond donors (Lipinski definition) is 0. The lowest BCUT2D eigenvalue weighted by Crippen LogP contribution is -2.12. The summed E-state index contributed by atoms with van der Waals surface area (Å²) in [6.45, 7) is 5.52. The molecule has 3 aromatic heterocycles. The van der Waals surface area contributed by atoms with E-state index in [4.69, 9.17) is 4.52 Å². The van der Waals surface area contributed by atoms with Crippen LogP contribution in [0.3, 0.4) is 0 Å². The molecular weight excluding hydrogens is 350 g/mol. The van der Waals surface area contributed by atoms with E-state index in [1.54, 1.807) is 36.5 Å². The van der Waals surface area contributed by atoms with Crippen molar-refractivity contribution >= 4 is 21.1 Å². The number of aromatic nitrogens is 3. The van der Waals surface area contributed by atoms with Crippen LogP contribution in [0.25, 0.3) is 22.3 Å². The van der Waals surface area contributed by atoms with Crippen LogP contribution >= 0.6 is 0 Å². The molecule has 0 amide bonds. The number of aryl methyl sites for hydroxylation is 3. The zero-order valence-electron chi connectivity index (χ0n) is 14.6. The second kappa shape index (κ2) is 5.81. The molecule has 0 bridgehead atoms. The smallest absolute Gasteiger partial charge is 0.269 e. The van der Waals surface area contributed by atoms with Crippen LogP contribution in [0.1, 0.15) is 17.0 Å². The SMILES string of the molecule is Cc1noc(C)c1-c1ccc2c(C)cn(S(=O)(=O)c3ccccc3)c2n1. The van der Waals surface area contributed by atoms with E-state index in [-0.39, 0.29) is 4.90 Å². The fourth-order valence-corrected chi connectivity index (χ4v) is 4.50. The molecular formula is C19H17N3O3S. The average molecular weight is 367 g/mol. The first-order valence-corrected chi connectivity index (χ1v) is 9.56. The van der Waals surface area contributed by atoms with Crippen molar-refractivity contribution in [2.45, 2.75) is 25.7 Å². The van der Waals surface area contributed by atoms with Crippen molar-refractivity contribution in [1.29, 1.82) is 0 Å². The molecule has 0 unspecified atom stereocenters. The molecule has 0 spiro atoms. The normalized spacial score (nSPS) is 12.0. The molecule has 0 N–H and O–H groups in total. The van der Waals surface area contributed by atoms with E-state index < -0.39 is 10.0 Å². The van der Waals surface area contributed by atoms with E-state index >= 15 is 0 Å². The van der Waals surface area contributed by atoms with Crippen molar-refractivity contribution in [1.82, 2.24) is 14.1 Å². The first kappa shape index (κ1) is 16.5. The number of pyridine rings is 1. The van der Waals surface area contributed by atoms with Crippen molar-refractivity contribution in [3.8, 4) is 11.3 Å². The van der Waals surface area contributed by atoms with E-state index in [1.807, 2.05) is 32.9 Å². The van der Waals surface area contributed by atoms with Gasteiger partial charge < -0.3 is 4.52 Å². The number of benzene rings is 1. The molecule has 0 atom stereocenters. The van der Waals surface area contributed by atoms with Crippen LogP contribution in [-0.2, 0) is 10.0 Å². The summed E-state index contributed by atoms with van der Waals surface area (Å²) >= 11 is 0. The molecule has 0 saturated heterocycles. The summed E-state index contributed by atoms with van der Waals surface area (Å²) in [6, 6.07) is 12.1. The van der Waals surface area contributed by atoms with Crippen LogP contribution in [0.15, 0.2) is 58.1 Å². The van der Waals surface area contributed by atoms with Gasteiger partial charge in [-0.1, -0.05) is 23.4 Å². The van der Waals surface area contributed by atoms with Crippen molar-refractivity contribution in [3.05, 3.63) is 65.7 Å². The molecule has 0 aliphatic heterocycles. The van der Waals surface area contributed by atoms with E-state index in [0.717, 1.165) is 22.2 Å².